The monoisotopic (exact) mass is 261 g/mol. The normalized spacial score (nSPS) is 11.6. The number of nitrogen functional groups attached to an aromatic ring is 1. The second-order valence-electron chi connectivity index (χ2n) is 3.37. The molecule has 0 fully saturated rings. The fourth-order valence-electron chi connectivity index (χ4n) is 1.16. The van der Waals surface area contributed by atoms with Crippen LogP contribution in [0.15, 0.2) is 11.4 Å². The molecule has 0 radical (unpaired) electrons. The van der Waals surface area contributed by atoms with Gasteiger partial charge in [-0.05, 0) is 6.42 Å². The van der Waals surface area contributed by atoms with Gasteiger partial charge in [0.05, 0.1) is 5.75 Å². The van der Waals surface area contributed by atoms with Crippen LogP contribution in [0.3, 0.4) is 0 Å². The van der Waals surface area contributed by atoms with Gasteiger partial charge in [-0.15, -0.1) is 11.8 Å². The summed E-state index contributed by atoms with van der Waals surface area (Å²) in [4.78, 5) is 8.01. The molecule has 0 atom stereocenters. The van der Waals surface area contributed by atoms with Gasteiger partial charge in [-0.3, -0.25) is 0 Å². The minimum atomic E-state index is -2.92. The van der Waals surface area contributed by atoms with Crippen molar-refractivity contribution in [1.29, 1.82) is 0 Å². The molecule has 7 heteroatoms. The zero-order valence-corrected chi connectivity index (χ0v) is 10.9. The number of aromatic nitrogens is 2. The summed E-state index contributed by atoms with van der Waals surface area (Å²) in [5.74, 6) is 1.10. The van der Waals surface area contributed by atoms with Gasteiger partial charge in [-0.2, -0.15) is 0 Å². The first-order valence-corrected chi connectivity index (χ1v) is 7.88. The maximum absolute atomic E-state index is 11.0. The average Bonchev–Trinajstić information content (AvgIpc) is 2.16. The van der Waals surface area contributed by atoms with Crippen molar-refractivity contribution in [3.8, 4) is 0 Å². The highest BCUT2D eigenvalue weighted by molar-refractivity contribution is 8.00. The van der Waals surface area contributed by atoms with Gasteiger partial charge in [-0.1, -0.05) is 6.92 Å². The molecule has 0 aliphatic rings. The van der Waals surface area contributed by atoms with Gasteiger partial charge in [0.25, 0.3) is 0 Å². The Bertz CT molecular complexity index is 460. The minimum absolute atomic E-state index is 0.144. The lowest BCUT2D eigenvalue weighted by atomic mass is 10.2. The molecule has 16 heavy (non-hydrogen) atoms. The lowest BCUT2D eigenvalue weighted by Crippen LogP contribution is -2.06. The summed E-state index contributed by atoms with van der Waals surface area (Å²) in [6.45, 7) is 1.97. The molecule has 0 aliphatic heterocycles. The molecule has 1 rings (SSSR count). The third-order valence-electron chi connectivity index (χ3n) is 1.99. The zero-order valence-electron chi connectivity index (χ0n) is 9.30. The lowest BCUT2D eigenvalue weighted by molar-refractivity contribution is 0.603. The first-order valence-electron chi connectivity index (χ1n) is 4.84. The Morgan fingerprint density at radius 1 is 1.44 bits per heavy atom. The van der Waals surface area contributed by atoms with Crippen molar-refractivity contribution < 1.29 is 8.42 Å². The Hall–Kier alpha value is -0.820. The van der Waals surface area contributed by atoms with Crippen molar-refractivity contribution in [1.82, 2.24) is 9.97 Å². The summed E-state index contributed by atoms with van der Waals surface area (Å²) in [7, 11) is -2.92. The van der Waals surface area contributed by atoms with Crippen molar-refractivity contribution in [3.63, 3.8) is 0 Å². The summed E-state index contributed by atoms with van der Waals surface area (Å²) in [6, 6.07) is 0. The predicted octanol–water partition coefficient (Wildman–Crippen LogP) is 0.758. The highest BCUT2D eigenvalue weighted by atomic mass is 32.2. The Morgan fingerprint density at radius 3 is 2.69 bits per heavy atom. The fourth-order valence-corrected chi connectivity index (χ4v) is 3.44. The minimum Gasteiger partial charge on any atom is -0.383 e. The van der Waals surface area contributed by atoms with Gasteiger partial charge >= 0.3 is 0 Å². The van der Waals surface area contributed by atoms with E-state index in [1.807, 2.05) is 6.92 Å². The van der Waals surface area contributed by atoms with Crippen LogP contribution in [0.1, 0.15) is 12.5 Å². The topological polar surface area (TPSA) is 85.9 Å². The van der Waals surface area contributed by atoms with E-state index in [4.69, 9.17) is 5.73 Å². The van der Waals surface area contributed by atoms with Crippen molar-refractivity contribution >= 4 is 27.4 Å². The number of hydrogen-bond acceptors (Lipinski definition) is 6. The first-order chi connectivity index (χ1) is 7.44. The molecular formula is C9H15N3O2S2. The number of anilines is 1. The average molecular weight is 261 g/mol. The van der Waals surface area contributed by atoms with Crippen LogP contribution in [0.25, 0.3) is 0 Å². The van der Waals surface area contributed by atoms with E-state index in [-0.39, 0.29) is 5.75 Å². The van der Waals surface area contributed by atoms with Gasteiger partial charge in [0, 0.05) is 17.6 Å². The van der Waals surface area contributed by atoms with E-state index >= 15 is 0 Å². The van der Waals surface area contributed by atoms with Gasteiger partial charge in [-0.25, -0.2) is 18.4 Å². The molecule has 2 N–H and O–H groups in total. The van der Waals surface area contributed by atoms with Crippen LogP contribution >= 0.6 is 11.8 Å². The fraction of sp³-hybridized carbons (Fsp3) is 0.556. The highest BCUT2D eigenvalue weighted by Crippen LogP contribution is 2.23. The smallest absolute Gasteiger partial charge is 0.148 e. The molecule has 0 amide bonds. The van der Waals surface area contributed by atoms with E-state index in [1.54, 1.807) is 0 Å². The molecule has 0 bridgehead atoms. The van der Waals surface area contributed by atoms with E-state index in [1.165, 1.54) is 24.3 Å². The Balaban J connectivity index is 2.71. The molecule has 1 aromatic heterocycles. The second kappa shape index (κ2) is 5.49. The van der Waals surface area contributed by atoms with E-state index in [0.717, 1.165) is 17.0 Å². The molecule has 1 heterocycles. The summed E-state index contributed by atoms with van der Waals surface area (Å²) >= 11 is 1.40. The SMILES string of the molecule is CCc1c(N)ncnc1SCCS(C)(=O)=O. The number of nitrogens with zero attached hydrogens (tertiary/aromatic N) is 2. The largest absolute Gasteiger partial charge is 0.383 e. The van der Waals surface area contributed by atoms with Crippen LogP contribution in [0.5, 0.6) is 0 Å². The van der Waals surface area contributed by atoms with Crippen molar-refractivity contribution in [3.05, 3.63) is 11.9 Å². The van der Waals surface area contributed by atoms with Gasteiger partial charge in [0.2, 0.25) is 0 Å². The first kappa shape index (κ1) is 13.2. The van der Waals surface area contributed by atoms with E-state index in [2.05, 4.69) is 9.97 Å². The maximum Gasteiger partial charge on any atom is 0.148 e. The molecule has 0 unspecified atom stereocenters. The summed E-state index contributed by atoms with van der Waals surface area (Å²) in [5, 5.41) is 0.777. The van der Waals surface area contributed by atoms with Crippen LogP contribution in [-0.2, 0) is 16.3 Å². The number of rotatable bonds is 5. The zero-order chi connectivity index (χ0) is 12.2. The molecule has 90 valence electrons. The van der Waals surface area contributed by atoms with E-state index in [9.17, 15) is 8.42 Å². The van der Waals surface area contributed by atoms with Crippen LogP contribution in [0.4, 0.5) is 5.82 Å². The molecule has 0 aromatic carbocycles. The maximum atomic E-state index is 11.0. The molecule has 0 spiro atoms. The molecule has 5 nitrogen and oxygen atoms in total. The number of nitrogens with two attached hydrogens (primary N) is 1. The second-order valence-corrected chi connectivity index (χ2v) is 6.72. The van der Waals surface area contributed by atoms with Crippen molar-refractivity contribution in [2.75, 3.05) is 23.5 Å². The molecule has 0 saturated carbocycles. The lowest BCUT2D eigenvalue weighted by Gasteiger charge is -2.07. The van der Waals surface area contributed by atoms with Crippen LogP contribution < -0.4 is 5.73 Å². The highest BCUT2D eigenvalue weighted by Gasteiger charge is 2.09. The molecule has 1 aromatic rings. The van der Waals surface area contributed by atoms with Gasteiger partial charge < -0.3 is 5.73 Å². The summed E-state index contributed by atoms with van der Waals surface area (Å²) < 4.78 is 21.9. The van der Waals surface area contributed by atoms with Crippen molar-refractivity contribution in [2.24, 2.45) is 0 Å². The Kier molecular flexibility index (Phi) is 4.55. The molecular weight excluding hydrogens is 246 g/mol. The Labute approximate surface area is 99.8 Å². The number of thioether (sulfide) groups is 1. The van der Waals surface area contributed by atoms with E-state index in [0.29, 0.717) is 11.6 Å². The standard InChI is InChI=1S/C9H15N3O2S2/c1-3-7-8(10)11-6-12-9(7)15-4-5-16(2,13)14/h6H,3-5H2,1-2H3,(H2,10,11,12). The number of hydrogen-bond donors (Lipinski definition) is 1. The molecule has 0 saturated heterocycles. The summed E-state index contributed by atoms with van der Waals surface area (Å²) in [6.07, 6.45) is 3.37. The predicted molar refractivity (Wildman–Crippen MR) is 66.3 cm³/mol. The Morgan fingerprint density at radius 2 is 2.12 bits per heavy atom. The van der Waals surface area contributed by atoms with Crippen LogP contribution in [0, 0.1) is 0 Å². The van der Waals surface area contributed by atoms with E-state index < -0.39 is 9.84 Å². The third-order valence-corrected chi connectivity index (χ3v) is 4.22. The number of sulfone groups is 1. The van der Waals surface area contributed by atoms with Crippen LogP contribution in [-0.4, -0.2) is 36.1 Å². The quantitative estimate of drug-likeness (QED) is 0.622. The van der Waals surface area contributed by atoms with Gasteiger partial charge in [0.1, 0.15) is 27.0 Å². The molecule has 0 aliphatic carbocycles. The summed E-state index contributed by atoms with van der Waals surface area (Å²) in [5.41, 5.74) is 6.60. The van der Waals surface area contributed by atoms with Crippen LogP contribution in [0.2, 0.25) is 0 Å². The van der Waals surface area contributed by atoms with Crippen molar-refractivity contribution in [2.45, 2.75) is 18.4 Å². The van der Waals surface area contributed by atoms with Gasteiger partial charge in [0.15, 0.2) is 0 Å². The third kappa shape index (κ3) is 3.97.